The summed E-state index contributed by atoms with van der Waals surface area (Å²) in [5.41, 5.74) is 10.2. The summed E-state index contributed by atoms with van der Waals surface area (Å²) in [6.07, 6.45) is 3.11. The van der Waals surface area contributed by atoms with Gasteiger partial charge < -0.3 is 20.4 Å². The van der Waals surface area contributed by atoms with Gasteiger partial charge in [0.05, 0.1) is 24.2 Å². The highest BCUT2D eigenvalue weighted by molar-refractivity contribution is 6.09. The number of carbonyl (C=O) groups is 1. The van der Waals surface area contributed by atoms with Crippen LogP contribution in [0.15, 0.2) is 70.1 Å². The SMILES string of the molecule is NC1=C2C(=CC(=O)N3c4ccccc4NC23)CN1Cc1ccco1. The molecule has 1 unspecified atom stereocenters. The number of amides is 1. The molecule has 4 heterocycles. The van der Waals surface area contributed by atoms with Crippen molar-refractivity contribution in [3.05, 3.63) is 71.5 Å². The summed E-state index contributed by atoms with van der Waals surface area (Å²) >= 11 is 0. The van der Waals surface area contributed by atoms with Gasteiger partial charge in [-0.2, -0.15) is 0 Å². The van der Waals surface area contributed by atoms with Crippen LogP contribution < -0.4 is 16.0 Å². The average Bonchev–Trinajstić information content (AvgIpc) is 3.26. The first-order valence-corrected chi connectivity index (χ1v) is 7.89. The van der Waals surface area contributed by atoms with Crippen molar-refractivity contribution < 1.29 is 9.21 Å². The van der Waals surface area contributed by atoms with Crippen LogP contribution in [0.2, 0.25) is 0 Å². The second-order valence-electron chi connectivity index (χ2n) is 6.18. The molecular weight excluding hydrogens is 304 g/mol. The van der Waals surface area contributed by atoms with Gasteiger partial charge in [0.2, 0.25) is 0 Å². The minimum Gasteiger partial charge on any atom is -0.467 e. The van der Waals surface area contributed by atoms with Gasteiger partial charge in [-0.15, -0.1) is 0 Å². The summed E-state index contributed by atoms with van der Waals surface area (Å²) in [5.74, 6) is 1.54. The summed E-state index contributed by atoms with van der Waals surface area (Å²) in [5, 5.41) is 3.42. The van der Waals surface area contributed by atoms with E-state index in [1.807, 2.05) is 41.3 Å². The standard InChI is InChI=1S/C18H16N4O2/c19-17-16-11(9-21(17)10-12-4-3-7-24-12)8-15(23)22-14-6-2-1-5-13(14)20-18(16)22/h1-8,18,20H,9-10,19H2. The molecule has 1 atom stereocenters. The molecule has 24 heavy (non-hydrogen) atoms. The Labute approximate surface area is 138 Å². The molecular formula is C18H16N4O2. The summed E-state index contributed by atoms with van der Waals surface area (Å²) in [6, 6.07) is 11.6. The van der Waals surface area contributed by atoms with Crippen LogP contribution in [0.5, 0.6) is 0 Å². The van der Waals surface area contributed by atoms with Crippen LogP contribution in [0.1, 0.15) is 5.76 Å². The Hall–Kier alpha value is -3.15. The van der Waals surface area contributed by atoms with Gasteiger partial charge in [0, 0.05) is 18.2 Å². The molecule has 2 aromatic rings. The first kappa shape index (κ1) is 13.3. The number of rotatable bonds is 2. The Morgan fingerprint density at radius 3 is 2.96 bits per heavy atom. The molecule has 0 saturated carbocycles. The number of nitrogens with two attached hydrogens (primary N) is 1. The van der Waals surface area contributed by atoms with E-state index >= 15 is 0 Å². The van der Waals surface area contributed by atoms with Gasteiger partial charge in [-0.1, -0.05) is 12.1 Å². The zero-order chi connectivity index (χ0) is 16.3. The molecule has 0 aliphatic carbocycles. The molecule has 0 spiro atoms. The Kier molecular flexibility index (Phi) is 2.59. The molecule has 5 rings (SSSR count). The lowest BCUT2D eigenvalue weighted by Crippen LogP contribution is -2.44. The van der Waals surface area contributed by atoms with Crippen LogP contribution in [0.3, 0.4) is 0 Å². The van der Waals surface area contributed by atoms with Crippen LogP contribution in [-0.4, -0.2) is 23.5 Å². The fourth-order valence-corrected chi connectivity index (χ4v) is 3.70. The molecule has 0 bridgehead atoms. The van der Waals surface area contributed by atoms with Crippen molar-refractivity contribution in [2.75, 3.05) is 16.8 Å². The van der Waals surface area contributed by atoms with E-state index in [2.05, 4.69) is 5.32 Å². The Morgan fingerprint density at radius 1 is 1.25 bits per heavy atom. The van der Waals surface area contributed by atoms with Crippen molar-refractivity contribution >= 4 is 17.3 Å². The van der Waals surface area contributed by atoms with E-state index in [1.54, 1.807) is 17.2 Å². The van der Waals surface area contributed by atoms with Crippen LogP contribution in [0.25, 0.3) is 0 Å². The van der Waals surface area contributed by atoms with Crippen molar-refractivity contribution in [1.29, 1.82) is 0 Å². The van der Waals surface area contributed by atoms with E-state index in [1.165, 1.54) is 0 Å². The molecule has 120 valence electrons. The highest BCUT2D eigenvalue weighted by Crippen LogP contribution is 2.43. The summed E-state index contributed by atoms with van der Waals surface area (Å²) < 4.78 is 5.42. The minimum atomic E-state index is -0.239. The number of para-hydroxylation sites is 2. The molecule has 1 aromatic heterocycles. The lowest BCUT2D eigenvalue weighted by atomic mass is 10.0. The number of anilines is 2. The molecule has 0 saturated heterocycles. The molecule has 3 aliphatic rings. The molecule has 3 N–H and O–H groups in total. The highest BCUT2D eigenvalue weighted by Gasteiger charge is 2.44. The minimum absolute atomic E-state index is 0.0103. The summed E-state index contributed by atoms with van der Waals surface area (Å²) in [6.45, 7) is 1.21. The fourth-order valence-electron chi connectivity index (χ4n) is 3.70. The molecule has 1 aromatic carbocycles. The third-order valence-corrected chi connectivity index (χ3v) is 4.77. The Balaban J connectivity index is 1.55. The second-order valence-corrected chi connectivity index (χ2v) is 6.18. The third-order valence-electron chi connectivity index (χ3n) is 4.77. The molecule has 0 radical (unpaired) electrons. The van der Waals surface area contributed by atoms with Gasteiger partial charge in [0.15, 0.2) is 0 Å². The fraction of sp³-hybridized carbons (Fsp3) is 0.167. The van der Waals surface area contributed by atoms with Gasteiger partial charge in [-0.05, 0) is 29.8 Å². The predicted octanol–water partition coefficient (Wildman–Crippen LogP) is 1.99. The molecule has 0 fully saturated rings. The van der Waals surface area contributed by atoms with E-state index in [4.69, 9.17) is 10.2 Å². The predicted molar refractivity (Wildman–Crippen MR) is 89.8 cm³/mol. The van der Waals surface area contributed by atoms with Crippen LogP contribution in [0, 0.1) is 0 Å². The van der Waals surface area contributed by atoms with Gasteiger partial charge in [-0.3, -0.25) is 9.69 Å². The number of furan rings is 1. The highest BCUT2D eigenvalue weighted by atomic mass is 16.3. The number of carbonyl (C=O) groups excluding carboxylic acids is 1. The van der Waals surface area contributed by atoms with Crippen LogP contribution in [0.4, 0.5) is 11.4 Å². The molecule has 6 heteroatoms. The maximum absolute atomic E-state index is 12.6. The van der Waals surface area contributed by atoms with Gasteiger partial charge >= 0.3 is 0 Å². The van der Waals surface area contributed by atoms with Crippen molar-refractivity contribution in [1.82, 2.24) is 4.90 Å². The largest absolute Gasteiger partial charge is 0.467 e. The third kappa shape index (κ3) is 1.73. The molecule has 1 amide bonds. The second kappa shape index (κ2) is 4.67. The van der Waals surface area contributed by atoms with Crippen molar-refractivity contribution in [2.24, 2.45) is 5.73 Å². The maximum Gasteiger partial charge on any atom is 0.253 e. The number of hydrogen-bond donors (Lipinski definition) is 2. The quantitative estimate of drug-likeness (QED) is 0.885. The first-order valence-electron chi connectivity index (χ1n) is 7.89. The van der Waals surface area contributed by atoms with Gasteiger partial charge in [0.1, 0.15) is 17.7 Å². The van der Waals surface area contributed by atoms with Crippen LogP contribution in [-0.2, 0) is 11.3 Å². The van der Waals surface area contributed by atoms with E-state index in [0.29, 0.717) is 18.9 Å². The van der Waals surface area contributed by atoms with E-state index < -0.39 is 0 Å². The van der Waals surface area contributed by atoms with Crippen molar-refractivity contribution in [2.45, 2.75) is 12.7 Å². The lowest BCUT2D eigenvalue weighted by molar-refractivity contribution is -0.114. The Morgan fingerprint density at radius 2 is 2.12 bits per heavy atom. The van der Waals surface area contributed by atoms with E-state index in [-0.39, 0.29) is 12.1 Å². The normalized spacial score (nSPS) is 21.4. The van der Waals surface area contributed by atoms with Crippen molar-refractivity contribution in [3.63, 3.8) is 0 Å². The van der Waals surface area contributed by atoms with Crippen LogP contribution >= 0.6 is 0 Å². The topological polar surface area (TPSA) is 74.7 Å². The number of hydrogen-bond acceptors (Lipinski definition) is 5. The number of fused-ring (bicyclic) bond motifs is 5. The molecule has 6 nitrogen and oxygen atoms in total. The van der Waals surface area contributed by atoms with Gasteiger partial charge in [-0.25, -0.2) is 0 Å². The zero-order valence-corrected chi connectivity index (χ0v) is 12.9. The van der Waals surface area contributed by atoms with E-state index in [9.17, 15) is 4.79 Å². The Bertz CT molecular complexity index is 898. The monoisotopic (exact) mass is 320 g/mol. The summed E-state index contributed by atoms with van der Waals surface area (Å²) in [4.78, 5) is 16.4. The average molecular weight is 320 g/mol. The number of nitrogens with one attached hydrogen (secondary N) is 1. The zero-order valence-electron chi connectivity index (χ0n) is 12.9. The first-order chi connectivity index (χ1) is 11.7. The number of nitrogens with zero attached hydrogens (tertiary/aromatic N) is 2. The maximum atomic E-state index is 12.6. The van der Waals surface area contributed by atoms with Crippen molar-refractivity contribution in [3.8, 4) is 0 Å². The summed E-state index contributed by atoms with van der Waals surface area (Å²) in [7, 11) is 0. The molecule has 3 aliphatic heterocycles. The number of benzene rings is 1. The van der Waals surface area contributed by atoms with E-state index in [0.717, 1.165) is 28.3 Å². The van der Waals surface area contributed by atoms with Gasteiger partial charge in [0.25, 0.3) is 5.91 Å². The lowest BCUT2D eigenvalue weighted by Gasteiger charge is -2.29. The smallest absolute Gasteiger partial charge is 0.253 e.